The topological polar surface area (TPSA) is 86.2 Å². The van der Waals surface area contributed by atoms with Gasteiger partial charge in [0, 0.05) is 5.02 Å². The van der Waals surface area contributed by atoms with Gasteiger partial charge in [-0.1, -0.05) is 35.9 Å². The van der Waals surface area contributed by atoms with Crippen LogP contribution in [0.2, 0.25) is 5.02 Å². The molecule has 192 valence electrons. The molecule has 0 aliphatic rings. The Morgan fingerprint density at radius 2 is 1.53 bits per heavy atom. The molecule has 0 bridgehead atoms. The Morgan fingerprint density at radius 1 is 0.842 bits per heavy atom. The highest BCUT2D eigenvalue weighted by atomic mass is 35.5. The van der Waals surface area contributed by atoms with Crippen molar-refractivity contribution < 1.29 is 23.8 Å². The third-order valence-electron chi connectivity index (χ3n) is 5.31. The number of amides is 1. The van der Waals surface area contributed by atoms with Crippen LogP contribution in [0.4, 0.5) is 0 Å². The summed E-state index contributed by atoms with van der Waals surface area (Å²) in [6.07, 6.45) is 1.49. The summed E-state index contributed by atoms with van der Waals surface area (Å²) >= 11 is 5.92. The summed E-state index contributed by atoms with van der Waals surface area (Å²) in [5.41, 5.74) is 4.92. The van der Waals surface area contributed by atoms with E-state index in [2.05, 4.69) is 10.5 Å². The van der Waals surface area contributed by atoms with Crippen LogP contribution in [0.25, 0.3) is 0 Å². The molecule has 38 heavy (non-hydrogen) atoms. The maximum atomic E-state index is 12.7. The minimum Gasteiger partial charge on any atom is -0.494 e. The van der Waals surface area contributed by atoms with Gasteiger partial charge in [-0.3, -0.25) is 4.79 Å². The van der Waals surface area contributed by atoms with Gasteiger partial charge in [0.1, 0.15) is 23.9 Å². The Labute approximate surface area is 225 Å². The van der Waals surface area contributed by atoms with E-state index in [4.69, 9.17) is 25.8 Å². The molecule has 0 spiro atoms. The SMILES string of the molecule is CCOc1ccc(C(=O)Oc2ccc(/C=N\NC(=O)c3ccccc3OCc3ccc(Cl)cc3)cc2)cc1. The number of nitrogens with one attached hydrogen (secondary N) is 1. The van der Waals surface area contributed by atoms with E-state index in [1.165, 1.54) is 6.21 Å². The minimum absolute atomic E-state index is 0.292. The molecule has 4 aromatic carbocycles. The first-order chi connectivity index (χ1) is 18.5. The van der Waals surface area contributed by atoms with E-state index >= 15 is 0 Å². The van der Waals surface area contributed by atoms with Gasteiger partial charge in [0.05, 0.1) is 23.9 Å². The van der Waals surface area contributed by atoms with Gasteiger partial charge in [0.25, 0.3) is 5.91 Å². The van der Waals surface area contributed by atoms with Crippen LogP contribution < -0.4 is 19.6 Å². The monoisotopic (exact) mass is 528 g/mol. The molecular formula is C30H25ClN2O5. The normalized spacial score (nSPS) is 10.7. The molecule has 0 fully saturated rings. The van der Waals surface area contributed by atoms with Crippen molar-refractivity contribution in [3.8, 4) is 17.2 Å². The van der Waals surface area contributed by atoms with Crippen LogP contribution in [-0.2, 0) is 6.61 Å². The third kappa shape index (κ3) is 7.44. The Balaban J connectivity index is 1.30. The number of benzene rings is 4. The Hall–Kier alpha value is -4.62. The standard InChI is InChI=1S/C30H25ClN2O5/c1-2-36-25-17-11-23(12-18-25)30(35)38-26-15-9-21(10-16-26)19-32-33-29(34)27-5-3-4-6-28(27)37-20-22-7-13-24(31)14-8-22/h3-19H,2,20H2,1H3,(H,33,34)/b32-19-. The molecule has 0 atom stereocenters. The zero-order valence-corrected chi connectivity index (χ0v) is 21.4. The van der Waals surface area contributed by atoms with Crippen molar-refractivity contribution in [3.63, 3.8) is 0 Å². The number of ether oxygens (including phenoxy) is 3. The fourth-order valence-corrected chi connectivity index (χ4v) is 3.52. The summed E-state index contributed by atoms with van der Waals surface area (Å²) in [5.74, 6) is 0.631. The lowest BCUT2D eigenvalue weighted by Crippen LogP contribution is -2.18. The van der Waals surface area contributed by atoms with Crippen LogP contribution in [0.1, 0.15) is 38.8 Å². The van der Waals surface area contributed by atoms with E-state index in [9.17, 15) is 9.59 Å². The molecule has 4 aromatic rings. The molecule has 0 heterocycles. The average molecular weight is 529 g/mol. The summed E-state index contributed by atoms with van der Waals surface area (Å²) in [5, 5.41) is 4.68. The highest BCUT2D eigenvalue weighted by molar-refractivity contribution is 6.30. The van der Waals surface area contributed by atoms with Crippen LogP contribution in [-0.4, -0.2) is 24.7 Å². The van der Waals surface area contributed by atoms with Crippen molar-refractivity contribution in [1.82, 2.24) is 5.43 Å². The van der Waals surface area contributed by atoms with E-state index in [-0.39, 0.29) is 0 Å². The van der Waals surface area contributed by atoms with Crippen molar-refractivity contribution in [2.75, 3.05) is 6.61 Å². The molecule has 0 radical (unpaired) electrons. The Kier molecular flexibility index (Phi) is 9.10. The number of hydrazone groups is 1. The summed E-state index contributed by atoms with van der Waals surface area (Å²) in [7, 11) is 0. The van der Waals surface area contributed by atoms with Crippen LogP contribution in [0, 0.1) is 0 Å². The van der Waals surface area contributed by atoms with Crippen molar-refractivity contribution in [2.45, 2.75) is 13.5 Å². The second-order valence-electron chi connectivity index (χ2n) is 8.03. The van der Waals surface area contributed by atoms with Crippen LogP contribution in [0.3, 0.4) is 0 Å². The number of halogens is 1. The smallest absolute Gasteiger partial charge is 0.343 e. The number of esters is 1. The maximum Gasteiger partial charge on any atom is 0.343 e. The summed E-state index contributed by atoms with van der Waals surface area (Å²) < 4.78 is 16.6. The van der Waals surface area contributed by atoms with E-state index in [0.717, 1.165) is 5.56 Å². The molecule has 0 saturated carbocycles. The van der Waals surface area contributed by atoms with Gasteiger partial charge in [0.2, 0.25) is 0 Å². The fourth-order valence-electron chi connectivity index (χ4n) is 3.39. The largest absolute Gasteiger partial charge is 0.494 e. The molecule has 1 amide bonds. The number of nitrogens with zero attached hydrogens (tertiary/aromatic N) is 1. The second-order valence-corrected chi connectivity index (χ2v) is 8.46. The van der Waals surface area contributed by atoms with Gasteiger partial charge in [-0.2, -0.15) is 5.10 Å². The molecule has 7 nitrogen and oxygen atoms in total. The first-order valence-electron chi connectivity index (χ1n) is 11.9. The zero-order valence-electron chi connectivity index (χ0n) is 20.6. The first kappa shape index (κ1) is 26.4. The predicted octanol–water partition coefficient (Wildman–Crippen LogP) is 6.30. The van der Waals surface area contributed by atoms with Crippen molar-refractivity contribution in [2.24, 2.45) is 5.10 Å². The maximum absolute atomic E-state index is 12.7. The molecule has 4 rings (SSSR count). The molecule has 0 aliphatic heterocycles. The highest BCUT2D eigenvalue weighted by Gasteiger charge is 2.12. The highest BCUT2D eigenvalue weighted by Crippen LogP contribution is 2.20. The second kappa shape index (κ2) is 13.1. The fraction of sp³-hybridized carbons (Fsp3) is 0.100. The number of hydrogen-bond donors (Lipinski definition) is 1. The molecule has 8 heteroatoms. The van der Waals surface area contributed by atoms with Gasteiger partial charge in [-0.15, -0.1) is 0 Å². The van der Waals surface area contributed by atoms with Gasteiger partial charge < -0.3 is 14.2 Å². The lowest BCUT2D eigenvalue weighted by atomic mass is 10.2. The number of hydrogen-bond acceptors (Lipinski definition) is 6. The number of carbonyl (C=O) groups excluding carboxylic acids is 2. The molecule has 0 aliphatic carbocycles. The number of carbonyl (C=O) groups is 2. The van der Waals surface area contributed by atoms with E-state index in [1.54, 1.807) is 84.9 Å². The van der Waals surface area contributed by atoms with Gasteiger partial charge in [-0.05, 0) is 90.8 Å². The minimum atomic E-state index is -0.473. The van der Waals surface area contributed by atoms with E-state index in [1.807, 2.05) is 19.1 Å². The number of rotatable bonds is 10. The molecule has 1 N–H and O–H groups in total. The predicted molar refractivity (Wildman–Crippen MR) is 146 cm³/mol. The molecule has 0 saturated heterocycles. The third-order valence-corrected chi connectivity index (χ3v) is 5.56. The van der Waals surface area contributed by atoms with Crippen LogP contribution in [0.5, 0.6) is 17.2 Å². The van der Waals surface area contributed by atoms with E-state index < -0.39 is 11.9 Å². The first-order valence-corrected chi connectivity index (χ1v) is 12.2. The average Bonchev–Trinajstić information content (AvgIpc) is 2.94. The molecular weight excluding hydrogens is 504 g/mol. The van der Waals surface area contributed by atoms with Crippen molar-refractivity contribution in [1.29, 1.82) is 0 Å². The zero-order chi connectivity index (χ0) is 26.7. The number of para-hydroxylation sites is 1. The lowest BCUT2D eigenvalue weighted by Gasteiger charge is -2.10. The van der Waals surface area contributed by atoms with Gasteiger partial charge in [0.15, 0.2) is 0 Å². The van der Waals surface area contributed by atoms with E-state index in [0.29, 0.717) is 52.2 Å². The quantitative estimate of drug-likeness (QED) is 0.113. The van der Waals surface area contributed by atoms with Gasteiger partial charge >= 0.3 is 5.97 Å². The summed E-state index contributed by atoms with van der Waals surface area (Å²) in [6, 6.07) is 27.7. The summed E-state index contributed by atoms with van der Waals surface area (Å²) in [6.45, 7) is 2.74. The van der Waals surface area contributed by atoms with Gasteiger partial charge in [-0.25, -0.2) is 10.2 Å². The Bertz CT molecular complexity index is 1400. The molecule has 0 unspecified atom stereocenters. The lowest BCUT2D eigenvalue weighted by molar-refractivity contribution is 0.0734. The summed E-state index contributed by atoms with van der Waals surface area (Å²) in [4.78, 5) is 25.1. The van der Waals surface area contributed by atoms with Crippen molar-refractivity contribution in [3.05, 3.63) is 124 Å². The van der Waals surface area contributed by atoms with Crippen LogP contribution >= 0.6 is 11.6 Å². The Morgan fingerprint density at radius 3 is 2.24 bits per heavy atom. The van der Waals surface area contributed by atoms with Crippen LogP contribution in [0.15, 0.2) is 102 Å². The molecule has 0 aromatic heterocycles. The van der Waals surface area contributed by atoms with Crippen molar-refractivity contribution >= 4 is 29.7 Å².